The number of benzene rings is 1. The van der Waals surface area contributed by atoms with Crippen molar-refractivity contribution in [2.24, 2.45) is 0 Å². The molecule has 0 N–H and O–H groups in total. The summed E-state index contributed by atoms with van der Waals surface area (Å²) in [6, 6.07) is 10.6. The van der Waals surface area contributed by atoms with Gasteiger partial charge in [-0.15, -0.1) is 0 Å². The number of hydrogen-bond acceptors (Lipinski definition) is 0. The van der Waals surface area contributed by atoms with Crippen molar-refractivity contribution >= 4 is 62.1 Å². The molecular formula is C6H5KS-2. The third-order valence-electron chi connectivity index (χ3n) is 0.940. The SMILES string of the molecule is [K][c]1ccccc1.[S-2]. The fourth-order valence-electron chi connectivity index (χ4n) is 0.534. The van der Waals surface area contributed by atoms with E-state index < -0.39 is 0 Å². The minimum atomic E-state index is 0. The zero-order valence-electron chi connectivity index (χ0n) is 4.79. The van der Waals surface area contributed by atoms with Crippen LogP contribution >= 0.6 is 0 Å². The van der Waals surface area contributed by atoms with Gasteiger partial charge in [-0.25, -0.2) is 0 Å². The standard InChI is InChI=1S/C6H5.K.S/c1-2-4-6-5-3-1;;/h1-5H;;/q;;-2. The number of hydrogen-bond donors (Lipinski definition) is 0. The molecule has 0 fully saturated rings. The Kier molecular flexibility index (Phi) is 5.79. The van der Waals surface area contributed by atoms with Crippen LogP contribution in [0.2, 0.25) is 0 Å². The van der Waals surface area contributed by atoms with Gasteiger partial charge in [0.1, 0.15) is 0 Å². The van der Waals surface area contributed by atoms with Gasteiger partial charge in [-0.1, -0.05) is 0 Å². The summed E-state index contributed by atoms with van der Waals surface area (Å²) in [5.74, 6) is 0. The monoisotopic (exact) mass is 148 g/mol. The summed E-state index contributed by atoms with van der Waals surface area (Å²) in [5, 5.41) is 0. The molecule has 0 aliphatic heterocycles. The second-order valence-electron chi connectivity index (χ2n) is 1.65. The van der Waals surface area contributed by atoms with Gasteiger partial charge in [0, 0.05) is 0 Å². The Balaban J connectivity index is 0.000000490. The predicted octanol–water partition coefficient (Wildman–Crippen LogP) is 0.478. The molecule has 1 aromatic rings. The first-order valence-electron chi connectivity index (χ1n) is 2.41. The summed E-state index contributed by atoms with van der Waals surface area (Å²) in [7, 11) is 0. The Morgan fingerprint density at radius 1 is 1.00 bits per heavy atom. The zero-order valence-corrected chi connectivity index (χ0v) is 8.73. The maximum Gasteiger partial charge on any atom is -2.00 e. The van der Waals surface area contributed by atoms with Crippen molar-refractivity contribution in [2.75, 3.05) is 0 Å². The maximum atomic E-state index is 2.17. The summed E-state index contributed by atoms with van der Waals surface area (Å²) in [5.41, 5.74) is 0. The quantitative estimate of drug-likeness (QED) is 0.469. The van der Waals surface area contributed by atoms with E-state index in [9.17, 15) is 0 Å². The molecule has 0 atom stereocenters. The van der Waals surface area contributed by atoms with Crippen molar-refractivity contribution in [1.82, 2.24) is 0 Å². The van der Waals surface area contributed by atoms with Crippen LogP contribution in [0.25, 0.3) is 0 Å². The summed E-state index contributed by atoms with van der Waals surface area (Å²) in [4.78, 5) is 0. The summed E-state index contributed by atoms with van der Waals surface area (Å²) < 4.78 is 1.51. The van der Waals surface area contributed by atoms with E-state index >= 15 is 0 Å². The maximum absolute atomic E-state index is 2.17. The fourth-order valence-corrected chi connectivity index (χ4v) is 1.14. The van der Waals surface area contributed by atoms with Gasteiger partial charge in [0.25, 0.3) is 0 Å². The largest absolute Gasteiger partial charge is 2.00 e. The summed E-state index contributed by atoms with van der Waals surface area (Å²) >= 11 is 0.855. The van der Waals surface area contributed by atoms with Crippen LogP contribution in [0.3, 0.4) is 0 Å². The molecule has 0 bridgehead atoms. The smallest absolute Gasteiger partial charge is 2.00 e. The Labute approximate surface area is 90.7 Å². The van der Waals surface area contributed by atoms with Crippen LogP contribution in [0.15, 0.2) is 30.3 Å². The predicted molar refractivity (Wildman–Crippen MR) is 39.2 cm³/mol. The molecule has 0 aliphatic carbocycles. The Morgan fingerprint density at radius 3 is 1.75 bits per heavy atom. The van der Waals surface area contributed by atoms with Gasteiger partial charge >= 0.3 is 78.9 Å². The van der Waals surface area contributed by atoms with Crippen molar-refractivity contribution in [3.05, 3.63) is 30.3 Å². The second kappa shape index (κ2) is 5.03. The molecule has 0 saturated heterocycles. The minimum absolute atomic E-state index is 0. The molecule has 0 radical (unpaired) electrons. The van der Waals surface area contributed by atoms with E-state index in [-0.39, 0.29) is 13.5 Å². The Hall–Kier alpha value is 1.21. The van der Waals surface area contributed by atoms with Crippen LogP contribution in [-0.4, -0.2) is 49.0 Å². The van der Waals surface area contributed by atoms with E-state index in [4.69, 9.17) is 0 Å². The van der Waals surface area contributed by atoms with Crippen LogP contribution in [0.1, 0.15) is 0 Å². The van der Waals surface area contributed by atoms with Gasteiger partial charge in [0.2, 0.25) is 0 Å². The van der Waals surface area contributed by atoms with E-state index in [2.05, 4.69) is 30.3 Å². The van der Waals surface area contributed by atoms with Gasteiger partial charge < -0.3 is 13.5 Å². The molecule has 38 valence electrons. The van der Waals surface area contributed by atoms with E-state index in [0.717, 1.165) is 49.0 Å². The molecule has 8 heavy (non-hydrogen) atoms. The molecule has 0 aliphatic rings. The average Bonchev–Trinajstić information content (AvgIpc) is 1.69. The molecule has 0 saturated carbocycles. The molecule has 0 unspecified atom stereocenters. The number of rotatable bonds is 0. The van der Waals surface area contributed by atoms with Crippen LogP contribution in [0, 0.1) is 0 Å². The van der Waals surface area contributed by atoms with E-state index in [1.165, 1.54) is -0.342 Å². The van der Waals surface area contributed by atoms with Crippen molar-refractivity contribution in [3.8, 4) is 0 Å². The molecule has 0 spiro atoms. The first kappa shape index (κ1) is 9.21. The van der Waals surface area contributed by atoms with E-state index in [1.54, 1.807) is 0 Å². The first-order valence-corrected chi connectivity index (χ1v) is 3.97. The fraction of sp³-hybridized carbons (Fsp3) is 0. The van der Waals surface area contributed by atoms with Crippen LogP contribution < -0.4 is -0.342 Å². The van der Waals surface area contributed by atoms with Crippen molar-refractivity contribution in [1.29, 1.82) is 0 Å². The van der Waals surface area contributed by atoms with E-state index in [1.807, 2.05) is 0 Å². The van der Waals surface area contributed by atoms with Crippen LogP contribution in [-0.2, 0) is 13.5 Å². The van der Waals surface area contributed by atoms with Gasteiger partial charge in [-0.3, -0.25) is 0 Å². The van der Waals surface area contributed by atoms with Crippen molar-refractivity contribution in [2.45, 2.75) is 0 Å². The van der Waals surface area contributed by atoms with Gasteiger partial charge in [0.15, 0.2) is 0 Å². The van der Waals surface area contributed by atoms with Crippen molar-refractivity contribution in [3.63, 3.8) is 0 Å². The normalized spacial score (nSPS) is 7.75. The van der Waals surface area contributed by atoms with Gasteiger partial charge in [-0.05, 0) is 0 Å². The summed E-state index contributed by atoms with van der Waals surface area (Å²) in [6.07, 6.45) is 0. The topological polar surface area (TPSA) is 0 Å². The molecule has 0 amide bonds. The minimum Gasteiger partial charge on any atom is -2.00 e. The molecular weight excluding hydrogens is 143 g/mol. The molecule has 1 aromatic carbocycles. The second-order valence-corrected chi connectivity index (χ2v) is 3.46. The van der Waals surface area contributed by atoms with Crippen molar-refractivity contribution < 1.29 is 0 Å². The van der Waals surface area contributed by atoms with E-state index in [0.29, 0.717) is 0 Å². The third kappa shape index (κ3) is 3.28. The van der Waals surface area contributed by atoms with Gasteiger partial charge in [0.05, 0.1) is 0 Å². The van der Waals surface area contributed by atoms with Gasteiger partial charge in [-0.2, -0.15) is 0 Å². The molecule has 0 heterocycles. The molecule has 2 heteroatoms. The average molecular weight is 148 g/mol. The third-order valence-corrected chi connectivity index (χ3v) is 1.98. The van der Waals surface area contributed by atoms with Crippen LogP contribution in [0.5, 0.6) is 0 Å². The Morgan fingerprint density at radius 2 is 1.50 bits per heavy atom. The zero-order chi connectivity index (χ0) is 5.11. The first-order chi connectivity index (χ1) is 3.39. The summed E-state index contributed by atoms with van der Waals surface area (Å²) in [6.45, 7) is 0. The van der Waals surface area contributed by atoms with Crippen LogP contribution in [0.4, 0.5) is 0 Å². The Bertz CT molecular complexity index is 138. The molecule has 1 rings (SSSR count). The molecule has 0 aromatic heterocycles. The molecule has 0 nitrogen and oxygen atoms in total.